The van der Waals surface area contributed by atoms with Gasteiger partial charge in [-0.1, -0.05) is 0 Å². The van der Waals surface area contributed by atoms with Gasteiger partial charge in [0.15, 0.2) is 0 Å². The average Bonchev–Trinajstić information content (AvgIpc) is 1.38. The monoisotopic (exact) mass is 298 g/mol. The Bertz CT molecular complexity index is 46.8. The molecule has 0 amide bonds. The summed E-state index contributed by atoms with van der Waals surface area (Å²) in [6.45, 7) is 0. The zero-order chi connectivity index (χ0) is 4.28. The number of halogens is 1. The van der Waals surface area contributed by atoms with Crippen LogP contribution in [0.4, 0.5) is 0 Å². The van der Waals surface area contributed by atoms with Crippen LogP contribution >= 0.6 is 11.6 Å². The maximum absolute atomic E-state index is 9.12. The molecule has 0 aromatic carbocycles. The molecule has 0 N–H and O–H groups in total. The van der Waals surface area contributed by atoms with Gasteiger partial charge < -0.3 is 9.90 Å². The second kappa shape index (κ2) is 5.68. The van der Waals surface area contributed by atoms with E-state index in [2.05, 4.69) is 11.6 Å². The van der Waals surface area contributed by atoms with Gasteiger partial charge in [0.1, 0.15) is 0 Å². The fraction of sp³-hybridized carbons (Fsp3) is 0.500. The molecule has 0 saturated heterocycles. The summed E-state index contributed by atoms with van der Waals surface area (Å²) in [7, 11) is 0. The molecule has 6 heavy (non-hydrogen) atoms. The molecule has 0 unspecified atom stereocenters. The summed E-state index contributed by atoms with van der Waals surface area (Å²) >= 11 is 4.67. The molecule has 0 heterocycles. The minimum atomic E-state index is -1.23. The molecule has 0 aliphatic carbocycles. The van der Waals surface area contributed by atoms with E-state index in [1.807, 2.05) is 0 Å². The van der Waals surface area contributed by atoms with Gasteiger partial charge in [-0.3, -0.25) is 0 Å². The van der Waals surface area contributed by atoms with Gasteiger partial charge in [0.05, 0.1) is 11.8 Å². The van der Waals surface area contributed by atoms with Crippen LogP contribution in [0, 0.1) is 0 Å². The Balaban J connectivity index is 0. The van der Waals surface area contributed by atoms with Gasteiger partial charge in [-0.05, 0) is 0 Å². The first-order valence-corrected chi connectivity index (χ1v) is 1.56. The summed E-state index contributed by atoms with van der Waals surface area (Å²) in [4.78, 5) is 9.12. The normalized spacial score (nSPS) is 6.17. The van der Waals surface area contributed by atoms with Crippen LogP contribution in [0.25, 0.3) is 0 Å². The Morgan fingerprint density at radius 1 is 1.83 bits per heavy atom. The van der Waals surface area contributed by atoms with Crippen LogP contribution < -0.4 is 5.11 Å². The van der Waals surface area contributed by atoms with Crippen LogP contribution in [0.2, 0.25) is 0 Å². The van der Waals surface area contributed by atoms with Crippen LogP contribution in [0.5, 0.6) is 0 Å². The summed E-state index contributed by atoms with van der Waals surface area (Å²) in [5, 5.41) is 9.12. The van der Waals surface area contributed by atoms with Crippen molar-refractivity contribution in [3.63, 3.8) is 0 Å². The summed E-state index contributed by atoms with van der Waals surface area (Å²) < 4.78 is 0. The van der Waals surface area contributed by atoms with Gasteiger partial charge in [0, 0.05) is 0 Å². The van der Waals surface area contributed by atoms with Gasteiger partial charge in [0.25, 0.3) is 0 Å². The molecule has 0 spiro atoms. The van der Waals surface area contributed by atoms with E-state index in [1.54, 1.807) is 0 Å². The van der Waals surface area contributed by atoms with Crippen molar-refractivity contribution in [3.05, 3.63) is 0 Å². The van der Waals surface area contributed by atoms with Gasteiger partial charge in [-0.2, -0.15) is 0 Å². The molecule has 0 saturated carbocycles. The molecule has 0 aliphatic heterocycles. The predicted octanol–water partition coefficient (Wildman–Crippen LogP) is -1.41. The predicted molar refractivity (Wildman–Crippen MR) is 21.5 cm³/mol. The molecule has 4 heteroatoms. The standard InChI is InChI=1S/C2H3ClO2.Tl/c3-1-2(4)5;/h1H2,(H,4,5);/q;+1/p-1. The number of alkyl halides is 1. The summed E-state index contributed by atoms with van der Waals surface area (Å²) in [6, 6.07) is 0. The van der Waals surface area contributed by atoms with Gasteiger partial charge >= 0.3 is 27.3 Å². The molecule has 0 fully saturated rings. The molecular formula is C2H2ClO2Tl. The molecule has 0 aliphatic rings. The Morgan fingerprint density at radius 2 is 2.00 bits per heavy atom. The largest absolute Gasteiger partial charge is 1.00 e. The molecule has 0 aromatic heterocycles. The van der Waals surface area contributed by atoms with Crippen molar-refractivity contribution >= 4 is 44.9 Å². The first-order valence-electron chi connectivity index (χ1n) is 1.03. The van der Waals surface area contributed by atoms with Crippen LogP contribution in [-0.2, 0) is 4.79 Å². The minimum absolute atomic E-state index is 0. The topological polar surface area (TPSA) is 40.1 Å². The first kappa shape index (κ1) is 9.84. The van der Waals surface area contributed by atoms with E-state index >= 15 is 0 Å². The van der Waals surface area contributed by atoms with Crippen molar-refractivity contribution in [1.29, 1.82) is 0 Å². The Hall–Kier alpha value is 0.682. The third-order valence-corrected chi connectivity index (χ3v) is 0.327. The number of rotatable bonds is 1. The van der Waals surface area contributed by atoms with Crippen molar-refractivity contribution in [3.8, 4) is 0 Å². The smallest absolute Gasteiger partial charge is 0.549 e. The fourth-order valence-corrected chi connectivity index (χ4v) is 0. The molecule has 2 nitrogen and oxygen atoms in total. The van der Waals surface area contributed by atoms with Gasteiger partial charge in [-0.15, -0.1) is 11.6 Å². The number of carbonyl (C=O) groups is 1. The van der Waals surface area contributed by atoms with E-state index in [4.69, 9.17) is 9.90 Å². The Morgan fingerprint density at radius 3 is 2.00 bits per heavy atom. The summed E-state index contributed by atoms with van der Waals surface area (Å²) in [5.74, 6) is -1.65. The molecule has 0 bridgehead atoms. The molecule has 0 atom stereocenters. The number of hydrogen-bond acceptors (Lipinski definition) is 2. The number of carboxylic acids is 1. The zero-order valence-corrected chi connectivity index (χ0v) is 8.22. The maximum atomic E-state index is 9.12. The van der Waals surface area contributed by atoms with Crippen LogP contribution in [-0.4, -0.2) is 39.1 Å². The van der Waals surface area contributed by atoms with E-state index in [0.29, 0.717) is 0 Å². The van der Waals surface area contributed by atoms with Crippen molar-refractivity contribution in [1.82, 2.24) is 0 Å². The first-order chi connectivity index (χ1) is 2.27. The van der Waals surface area contributed by atoms with Gasteiger partial charge in [-0.25, -0.2) is 0 Å². The van der Waals surface area contributed by atoms with E-state index in [1.165, 1.54) is 0 Å². The van der Waals surface area contributed by atoms with Crippen LogP contribution in [0.15, 0.2) is 0 Å². The van der Waals surface area contributed by atoms with Crippen molar-refractivity contribution < 1.29 is 9.90 Å². The Labute approximate surface area is 60.6 Å². The van der Waals surface area contributed by atoms with Crippen LogP contribution in [0.3, 0.4) is 0 Å². The molecule has 0 rings (SSSR count). The number of hydrogen-bond donors (Lipinski definition) is 0. The second-order valence-electron chi connectivity index (χ2n) is 0.506. The van der Waals surface area contributed by atoms with Crippen molar-refractivity contribution in [2.24, 2.45) is 0 Å². The molecule has 0 aromatic rings. The van der Waals surface area contributed by atoms with Crippen molar-refractivity contribution in [2.75, 3.05) is 5.88 Å². The average molecular weight is 298 g/mol. The number of aliphatic carboxylic acids is 1. The third kappa shape index (κ3) is 8.82. The molecule has 32 valence electrons. The van der Waals surface area contributed by atoms with E-state index < -0.39 is 11.8 Å². The zero-order valence-electron chi connectivity index (χ0n) is 2.98. The van der Waals surface area contributed by atoms with Crippen LogP contribution in [0.1, 0.15) is 0 Å². The molecular weight excluding hydrogens is 296 g/mol. The quantitative estimate of drug-likeness (QED) is 0.441. The van der Waals surface area contributed by atoms with E-state index in [9.17, 15) is 0 Å². The second-order valence-corrected chi connectivity index (χ2v) is 0.773. The van der Waals surface area contributed by atoms with E-state index in [-0.39, 0.29) is 27.3 Å². The number of carbonyl (C=O) groups excluding carboxylic acids is 1. The number of carboxylic acid groups (broad SMARTS) is 1. The Kier molecular flexibility index (Phi) is 9.32. The maximum Gasteiger partial charge on any atom is 1.00 e. The fourth-order valence-electron chi connectivity index (χ4n) is 0. The minimum Gasteiger partial charge on any atom is -0.549 e. The summed E-state index contributed by atoms with van der Waals surface area (Å²) in [6.07, 6.45) is 0. The SMILES string of the molecule is O=C([O-])CCl.[Tl+]. The molecule has 0 radical (unpaired) electrons. The van der Waals surface area contributed by atoms with Gasteiger partial charge in [0.2, 0.25) is 0 Å². The summed E-state index contributed by atoms with van der Waals surface area (Å²) in [5.41, 5.74) is 0. The van der Waals surface area contributed by atoms with Crippen molar-refractivity contribution in [2.45, 2.75) is 0 Å². The third-order valence-electron chi connectivity index (χ3n) is 0.109. The van der Waals surface area contributed by atoms with E-state index in [0.717, 1.165) is 0 Å².